The van der Waals surface area contributed by atoms with Crippen molar-refractivity contribution in [3.05, 3.63) is 23.8 Å². The van der Waals surface area contributed by atoms with Crippen LogP contribution in [0.15, 0.2) is 18.2 Å². The first kappa shape index (κ1) is 16.8. The number of ether oxygens (including phenoxy) is 2. The van der Waals surface area contributed by atoms with Gasteiger partial charge >= 0.3 is 0 Å². The second kappa shape index (κ2) is 7.71. The van der Waals surface area contributed by atoms with E-state index in [2.05, 4.69) is 22.1 Å². The minimum atomic E-state index is 0.697. The smallest absolute Gasteiger partial charge is 0.163 e. The number of likely N-dealkylation sites (tertiary alicyclic amines) is 1. The lowest BCUT2D eigenvalue weighted by molar-refractivity contribution is 0.254. The van der Waals surface area contributed by atoms with Crippen molar-refractivity contribution >= 4 is 16.7 Å². The molecule has 130 valence electrons. The lowest BCUT2D eigenvalue weighted by atomic mass is 10.1. The summed E-state index contributed by atoms with van der Waals surface area (Å²) in [6.45, 7) is 6.35. The van der Waals surface area contributed by atoms with E-state index in [0.717, 1.165) is 41.2 Å². The van der Waals surface area contributed by atoms with Gasteiger partial charge in [-0.1, -0.05) is 0 Å². The molecule has 0 bridgehead atoms. The van der Waals surface area contributed by atoms with Crippen molar-refractivity contribution in [1.82, 2.24) is 9.88 Å². The Hall–Kier alpha value is -2.01. The fourth-order valence-electron chi connectivity index (χ4n) is 3.28. The summed E-state index contributed by atoms with van der Waals surface area (Å²) in [6.07, 6.45) is 3.69. The van der Waals surface area contributed by atoms with Crippen LogP contribution in [0.25, 0.3) is 10.9 Å². The fourth-order valence-corrected chi connectivity index (χ4v) is 3.28. The zero-order valence-electron chi connectivity index (χ0n) is 14.9. The third kappa shape index (κ3) is 3.73. The minimum Gasteiger partial charge on any atom is -0.493 e. The molecule has 0 aliphatic carbocycles. The van der Waals surface area contributed by atoms with Gasteiger partial charge in [0.25, 0.3) is 0 Å². The summed E-state index contributed by atoms with van der Waals surface area (Å²) in [7, 11) is 3.57. The zero-order valence-corrected chi connectivity index (χ0v) is 14.9. The predicted octanol–water partition coefficient (Wildman–Crippen LogP) is 3.46. The Morgan fingerprint density at radius 3 is 2.67 bits per heavy atom. The van der Waals surface area contributed by atoms with Gasteiger partial charge in [-0.25, -0.2) is 4.98 Å². The molecule has 1 fully saturated rings. The van der Waals surface area contributed by atoms with E-state index in [1.807, 2.05) is 25.2 Å². The number of methoxy groups -OCH3 is 1. The fraction of sp³-hybridized carbons (Fsp3) is 0.526. The summed E-state index contributed by atoms with van der Waals surface area (Å²) in [5.41, 5.74) is 2.10. The van der Waals surface area contributed by atoms with Crippen LogP contribution in [-0.2, 0) is 0 Å². The Balaban J connectivity index is 1.73. The Labute approximate surface area is 144 Å². The van der Waals surface area contributed by atoms with Gasteiger partial charge in [0.15, 0.2) is 11.5 Å². The molecule has 1 aromatic carbocycles. The van der Waals surface area contributed by atoms with Crippen molar-refractivity contribution < 1.29 is 9.47 Å². The minimum absolute atomic E-state index is 0.697. The molecule has 5 nitrogen and oxygen atoms in total. The largest absolute Gasteiger partial charge is 0.493 e. The molecule has 0 saturated carbocycles. The van der Waals surface area contributed by atoms with Gasteiger partial charge in [0.2, 0.25) is 0 Å². The first-order valence-electron chi connectivity index (χ1n) is 8.73. The van der Waals surface area contributed by atoms with Crippen LogP contribution in [-0.4, -0.2) is 50.3 Å². The zero-order chi connectivity index (χ0) is 16.9. The van der Waals surface area contributed by atoms with Crippen LogP contribution in [0.2, 0.25) is 0 Å². The summed E-state index contributed by atoms with van der Waals surface area (Å²) in [5, 5.41) is 4.20. The van der Waals surface area contributed by atoms with E-state index < -0.39 is 0 Å². The molecule has 0 unspecified atom stereocenters. The topological polar surface area (TPSA) is 46.6 Å². The van der Waals surface area contributed by atoms with Crippen LogP contribution in [0.4, 0.5) is 5.82 Å². The van der Waals surface area contributed by atoms with Crippen molar-refractivity contribution in [1.29, 1.82) is 0 Å². The van der Waals surface area contributed by atoms with E-state index in [1.54, 1.807) is 7.11 Å². The third-order valence-corrected chi connectivity index (χ3v) is 4.63. The van der Waals surface area contributed by atoms with Gasteiger partial charge in [0.1, 0.15) is 5.82 Å². The highest BCUT2D eigenvalue weighted by molar-refractivity contribution is 5.87. The summed E-state index contributed by atoms with van der Waals surface area (Å²) >= 11 is 0. The second-order valence-electron chi connectivity index (χ2n) is 6.35. The highest BCUT2D eigenvalue weighted by atomic mass is 16.5. The molecule has 0 amide bonds. The van der Waals surface area contributed by atoms with Crippen molar-refractivity contribution in [3.8, 4) is 11.5 Å². The summed E-state index contributed by atoms with van der Waals surface area (Å²) in [5.74, 6) is 2.41. The standard InChI is InChI=1S/C19H27N3O2/c1-14-11-19(20-2)21-16-13-18(17(23-3)12-15(14)16)24-10-6-9-22-7-4-5-8-22/h11-13H,4-10H2,1-3H3,(H,20,21). The number of nitrogens with one attached hydrogen (secondary N) is 1. The van der Waals surface area contributed by atoms with E-state index in [9.17, 15) is 0 Å². The van der Waals surface area contributed by atoms with Crippen LogP contribution in [0.3, 0.4) is 0 Å². The van der Waals surface area contributed by atoms with E-state index in [-0.39, 0.29) is 0 Å². The average Bonchev–Trinajstić information content (AvgIpc) is 3.11. The predicted molar refractivity (Wildman–Crippen MR) is 98.4 cm³/mol. The molecule has 3 rings (SSSR count). The SMILES string of the molecule is CNc1cc(C)c2cc(OC)c(OCCCN3CCCC3)cc2n1. The van der Waals surface area contributed by atoms with Gasteiger partial charge in [0.05, 0.1) is 19.2 Å². The van der Waals surface area contributed by atoms with Crippen LogP contribution in [0.1, 0.15) is 24.8 Å². The summed E-state index contributed by atoms with van der Waals surface area (Å²) in [4.78, 5) is 7.13. The number of fused-ring (bicyclic) bond motifs is 1. The highest BCUT2D eigenvalue weighted by Gasteiger charge is 2.12. The van der Waals surface area contributed by atoms with E-state index >= 15 is 0 Å². The molecule has 5 heteroatoms. The normalized spacial score (nSPS) is 15.0. The van der Waals surface area contributed by atoms with Crippen molar-refractivity contribution in [2.24, 2.45) is 0 Å². The maximum Gasteiger partial charge on any atom is 0.163 e. The number of nitrogens with zero attached hydrogens (tertiary/aromatic N) is 2. The van der Waals surface area contributed by atoms with Crippen molar-refractivity contribution in [2.45, 2.75) is 26.2 Å². The number of aromatic nitrogens is 1. The Morgan fingerprint density at radius 1 is 1.17 bits per heavy atom. The molecule has 1 saturated heterocycles. The maximum atomic E-state index is 6.00. The molecule has 0 spiro atoms. The van der Waals surface area contributed by atoms with Gasteiger partial charge in [0, 0.05) is 25.0 Å². The molecule has 2 heterocycles. The molecular formula is C19H27N3O2. The van der Waals surface area contributed by atoms with E-state index in [4.69, 9.17) is 9.47 Å². The summed E-state index contributed by atoms with van der Waals surface area (Å²) in [6, 6.07) is 6.04. The van der Waals surface area contributed by atoms with Gasteiger partial charge in [-0.05, 0) is 57.0 Å². The van der Waals surface area contributed by atoms with Gasteiger partial charge < -0.3 is 19.7 Å². The maximum absolute atomic E-state index is 6.00. The molecular weight excluding hydrogens is 302 g/mol. The monoisotopic (exact) mass is 329 g/mol. The molecule has 24 heavy (non-hydrogen) atoms. The molecule has 1 aliphatic rings. The molecule has 1 aromatic heterocycles. The first-order chi connectivity index (χ1) is 11.7. The third-order valence-electron chi connectivity index (χ3n) is 4.63. The number of aryl methyl sites for hydroxylation is 1. The second-order valence-corrected chi connectivity index (χ2v) is 6.35. The Kier molecular flexibility index (Phi) is 5.41. The van der Waals surface area contributed by atoms with Gasteiger partial charge in [-0.2, -0.15) is 0 Å². The molecule has 1 aliphatic heterocycles. The molecule has 2 aromatic rings. The lowest BCUT2D eigenvalue weighted by Crippen LogP contribution is -2.21. The summed E-state index contributed by atoms with van der Waals surface area (Å²) < 4.78 is 11.5. The first-order valence-corrected chi connectivity index (χ1v) is 8.73. The van der Waals surface area contributed by atoms with E-state index in [0.29, 0.717) is 6.61 Å². The van der Waals surface area contributed by atoms with Crippen molar-refractivity contribution in [2.75, 3.05) is 45.7 Å². The molecule has 0 radical (unpaired) electrons. The number of anilines is 1. The number of pyridine rings is 1. The van der Waals surface area contributed by atoms with Gasteiger partial charge in [-0.3, -0.25) is 0 Å². The Bertz CT molecular complexity index is 697. The van der Waals surface area contributed by atoms with Crippen LogP contribution >= 0.6 is 0 Å². The van der Waals surface area contributed by atoms with Crippen LogP contribution in [0, 0.1) is 6.92 Å². The Morgan fingerprint density at radius 2 is 1.96 bits per heavy atom. The number of hydrogen-bond acceptors (Lipinski definition) is 5. The van der Waals surface area contributed by atoms with E-state index in [1.165, 1.54) is 31.5 Å². The number of benzene rings is 1. The quantitative estimate of drug-likeness (QED) is 0.788. The number of rotatable bonds is 7. The van der Waals surface area contributed by atoms with Crippen LogP contribution < -0.4 is 14.8 Å². The molecule has 1 N–H and O–H groups in total. The highest BCUT2D eigenvalue weighted by Crippen LogP contribution is 2.34. The average molecular weight is 329 g/mol. The lowest BCUT2D eigenvalue weighted by Gasteiger charge is -2.16. The number of hydrogen-bond donors (Lipinski definition) is 1. The van der Waals surface area contributed by atoms with Crippen LogP contribution in [0.5, 0.6) is 11.5 Å². The van der Waals surface area contributed by atoms with Crippen molar-refractivity contribution in [3.63, 3.8) is 0 Å². The molecule has 0 atom stereocenters. The van der Waals surface area contributed by atoms with Gasteiger partial charge in [-0.15, -0.1) is 0 Å².